The molecule has 0 saturated heterocycles. The van der Waals surface area contributed by atoms with Gasteiger partial charge < -0.3 is 11.1 Å². The van der Waals surface area contributed by atoms with E-state index in [2.05, 4.69) is 35.6 Å². The molecule has 0 aromatic heterocycles. The summed E-state index contributed by atoms with van der Waals surface area (Å²) in [6.07, 6.45) is 0.800. The van der Waals surface area contributed by atoms with E-state index < -0.39 is 0 Å². The van der Waals surface area contributed by atoms with E-state index in [1.807, 2.05) is 31.2 Å². The van der Waals surface area contributed by atoms with Gasteiger partial charge in [0.05, 0.1) is 0 Å². The largest absolute Gasteiger partial charge is 0.399 e. The molecular formula is C20H20N2O. The topological polar surface area (TPSA) is 55.1 Å². The molecule has 0 spiro atoms. The van der Waals surface area contributed by atoms with Crippen LogP contribution in [0.15, 0.2) is 60.7 Å². The van der Waals surface area contributed by atoms with E-state index in [1.165, 1.54) is 16.3 Å². The van der Waals surface area contributed by atoms with E-state index in [0.717, 1.165) is 12.0 Å². The van der Waals surface area contributed by atoms with Gasteiger partial charge in [-0.2, -0.15) is 0 Å². The molecule has 116 valence electrons. The van der Waals surface area contributed by atoms with Crippen molar-refractivity contribution < 1.29 is 4.79 Å². The molecule has 0 unspecified atom stereocenters. The lowest BCUT2D eigenvalue weighted by Crippen LogP contribution is -2.26. The summed E-state index contributed by atoms with van der Waals surface area (Å²) in [7, 11) is 0. The van der Waals surface area contributed by atoms with Crippen LogP contribution in [-0.4, -0.2) is 12.5 Å². The second-order valence-electron chi connectivity index (χ2n) is 5.72. The van der Waals surface area contributed by atoms with E-state index in [-0.39, 0.29) is 5.91 Å². The Morgan fingerprint density at radius 2 is 1.83 bits per heavy atom. The molecule has 0 bridgehead atoms. The maximum absolute atomic E-state index is 12.3. The van der Waals surface area contributed by atoms with Crippen molar-refractivity contribution in [3.05, 3.63) is 77.4 Å². The van der Waals surface area contributed by atoms with Gasteiger partial charge in [-0.1, -0.05) is 48.5 Å². The third kappa shape index (κ3) is 3.34. The first kappa shape index (κ1) is 15.1. The summed E-state index contributed by atoms with van der Waals surface area (Å²) < 4.78 is 0. The van der Waals surface area contributed by atoms with Gasteiger partial charge in [0.15, 0.2) is 0 Å². The summed E-state index contributed by atoms with van der Waals surface area (Å²) in [6.45, 7) is 2.51. The number of fused-ring (bicyclic) bond motifs is 1. The lowest BCUT2D eigenvalue weighted by atomic mass is 10.0. The van der Waals surface area contributed by atoms with Gasteiger partial charge in [-0.25, -0.2) is 0 Å². The fourth-order valence-corrected chi connectivity index (χ4v) is 2.80. The monoisotopic (exact) mass is 304 g/mol. The maximum atomic E-state index is 12.3. The summed E-state index contributed by atoms with van der Waals surface area (Å²) >= 11 is 0. The molecule has 3 N–H and O–H groups in total. The highest BCUT2D eigenvalue weighted by Gasteiger charge is 2.09. The first-order chi connectivity index (χ1) is 11.1. The number of benzene rings is 3. The molecule has 3 aromatic carbocycles. The SMILES string of the molecule is Cc1ccc(N)cc1C(=O)NCCc1cccc2ccccc12. The quantitative estimate of drug-likeness (QED) is 0.722. The van der Waals surface area contributed by atoms with Crippen molar-refractivity contribution in [1.82, 2.24) is 5.32 Å². The van der Waals surface area contributed by atoms with Crippen LogP contribution in [0.1, 0.15) is 21.5 Å². The second kappa shape index (κ2) is 6.53. The van der Waals surface area contributed by atoms with Crippen molar-refractivity contribution in [3.63, 3.8) is 0 Å². The molecule has 1 amide bonds. The lowest BCUT2D eigenvalue weighted by Gasteiger charge is -2.10. The Bertz CT molecular complexity index is 850. The molecule has 0 aliphatic rings. The van der Waals surface area contributed by atoms with Crippen LogP contribution in [-0.2, 0) is 6.42 Å². The fourth-order valence-electron chi connectivity index (χ4n) is 2.80. The number of hydrogen-bond donors (Lipinski definition) is 2. The predicted octanol–water partition coefficient (Wildman–Crippen LogP) is 3.70. The van der Waals surface area contributed by atoms with Crippen LogP contribution in [0.3, 0.4) is 0 Å². The molecule has 0 radical (unpaired) electrons. The van der Waals surface area contributed by atoms with Gasteiger partial charge in [-0.15, -0.1) is 0 Å². The van der Waals surface area contributed by atoms with Gasteiger partial charge >= 0.3 is 0 Å². The number of aryl methyl sites for hydroxylation is 1. The lowest BCUT2D eigenvalue weighted by molar-refractivity contribution is 0.0953. The predicted molar refractivity (Wildman–Crippen MR) is 95.6 cm³/mol. The smallest absolute Gasteiger partial charge is 0.251 e. The van der Waals surface area contributed by atoms with Gasteiger partial charge in [0.2, 0.25) is 0 Å². The van der Waals surface area contributed by atoms with Crippen molar-refractivity contribution >= 4 is 22.4 Å². The number of nitrogens with two attached hydrogens (primary N) is 1. The highest BCUT2D eigenvalue weighted by molar-refractivity contribution is 5.96. The van der Waals surface area contributed by atoms with Crippen LogP contribution >= 0.6 is 0 Å². The second-order valence-corrected chi connectivity index (χ2v) is 5.72. The zero-order valence-electron chi connectivity index (χ0n) is 13.2. The summed E-state index contributed by atoms with van der Waals surface area (Å²) in [6, 6.07) is 20.0. The van der Waals surface area contributed by atoms with Gasteiger partial charge in [-0.3, -0.25) is 4.79 Å². The Hall–Kier alpha value is -2.81. The molecule has 0 heterocycles. The van der Waals surface area contributed by atoms with Crippen LogP contribution in [0, 0.1) is 6.92 Å². The first-order valence-corrected chi connectivity index (χ1v) is 7.76. The van der Waals surface area contributed by atoms with Crippen LogP contribution in [0.5, 0.6) is 0 Å². The highest BCUT2D eigenvalue weighted by atomic mass is 16.1. The summed E-state index contributed by atoms with van der Waals surface area (Å²) in [5.41, 5.74) is 9.19. The van der Waals surface area contributed by atoms with E-state index in [4.69, 9.17) is 5.73 Å². The molecule has 3 rings (SSSR count). The number of carbonyl (C=O) groups excluding carboxylic acids is 1. The molecule has 0 saturated carbocycles. The van der Waals surface area contributed by atoms with Crippen LogP contribution < -0.4 is 11.1 Å². The minimum absolute atomic E-state index is 0.0740. The first-order valence-electron chi connectivity index (χ1n) is 7.76. The van der Waals surface area contributed by atoms with Crippen LogP contribution in [0.4, 0.5) is 5.69 Å². The number of nitrogens with one attached hydrogen (secondary N) is 1. The third-order valence-electron chi connectivity index (χ3n) is 4.07. The molecule has 3 nitrogen and oxygen atoms in total. The van der Waals surface area contributed by atoms with E-state index in [1.54, 1.807) is 6.07 Å². The van der Waals surface area contributed by atoms with Crippen molar-refractivity contribution in [2.75, 3.05) is 12.3 Å². The van der Waals surface area contributed by atoms with Gasteiger partial charge in [0.1, 0.15) is 0 Å². The zero-order chi connectivity index (χ0) is 16.2. The van der Waals surface area contributed by atoms with Crippen molar-refractivity contribution in [3.8, 4) is 0 Å². The van der Waals surface area contributed by atoms with Gasteiger partial charge in [0.25, 0.3) is 5.91 Å². The highest BCUT2D eigenvalue weighted by Crippen LogP contribution is 2.18. The Kier molecular flexibility index (Phi) is 4.29. The Morgan fingerprint density at radius 3 is 2.70 bits per heavy atom. The summed E-state index contributed by atoms with van der Waals surface area (Å²) in [5, 5.41) is 5.45. The zero-order valence-corrected chi connectivity index (χ0v) is 13.2. The molecule has 3 heteroatoms. The molecule has 0 fully saturated rings. The van der Waals surface area contributed by atoms with E-state index >= 15 is 0 Å². The fraction of sp³-hybridized carbons (Fsp3) is 0.150. The summed E-state index contributed by atoms with van der Waals surface area (Å²) in [4.78, 5) is 12.3. The Labute approximate surface area is 136 Å². The van der Waals surface area contributed by atoms with Crippen molar-refractivity contribution in [2.45, 2.75) is 13.3 Å². The van der Waals surface area contributed by atoms with Crippen molar-refractivity contribution in [2.24, 2.45) is 0 Å². The maximum Gasteiger partial charge on any atom is 0.251 e. The Morgan fingerprint density at radius 1 is 1.04 bits per heavy atom. The van der Waals surface area contributed by atoms with Gasteiger partial charge in [0, 0.05) is 17.8 Å². The number of rotatable bonds is 4. The van der Waals surface area contributed by atoms with Gasteiger partial charge in [-0.05, 0) is 47.4 Å². The molecule has 3 aromatic rings. The average molecular weight is 304 g/mol. The number of nitrogen functional groups attached to an aromatic ring is 1. The normalized spacial score (nSPS) is 10.7. The number of amides is 1. The van der Waals surface area contributed by atoms with Crippen LogP contribution in [0.2, 0.25) is 0 Å². The number of anilines is 1. The molecule has 0 atom stereocenters. The minimum Gasteiger partial charge on any atom is -0.399 e. The Balaban J connectivity index is 1.69. The number of hydrogen-bond acceptors (Lipinski definition) is 2. The molecule has 0 aliphatic heterocycles. The average Bonchev–Trinajstić information content (AvgIpc) is 2.57. The third-order valence-corrected chi connectivity index (χ3v) is 4.07. The molecule has 0 aliphatic carbocycles. The van der Waals surface area contributed by atoms with E-state index in [0.29, 0.717) is 17.8 Å². The van der Waals surface area contributed by atoms with E-state index in [9.17, 15) is 4.79 Å². The standard InChI is InChI=1S/C20H20N2O/c1-14-9-10-17(21)13-19(14)20(23)22-12-11-16-7-4-6-15-5-2-3-8-18(15)16/h2-10,13H,11-12,21H2,1H3,(H,22,23). The molecule has 23 heavy (non-hydrogen) atoms. The number of carbonyl (C=O) groups is 1. The molecular weight excluding hydrogens is 284 g/mol. The van der Waals surface area contributed by atoms with Crippen molar-refractivity contribution in [1.29, 1.82) is 0 Å². The summed E-state index contributed by atoms with van der Waals surface area (Å²) in [5.74, 6) is -0.0740. The van der Waals surface area contributed by atoms with Crippen LogP contribution in [0.25, 0.3) is 10.8 Å². The minimum atomic E-state index is -0.0740.